The van der Waals surface area contributed by atoms with Crippen LogP contribution in [0.15, 0.2) is 24.3 Å². The molecule has 0 aliphatic heterocycles. The van der Waals surface area contributed by atoms with Crippen molar-refractivity contribution in [2.75, 3.05) is 6.61 Å². The van der Waals surface area contributed by atoms with E-state index in [0.717, 1.165) is 18.8 Å². The molecular formula is C15H26N2O. The molecule has 102 valence electrons. The van der Waals surface area contributed by atoms with Crippen LogP contribution in [-0.4, -0.2) is 6.61 Å². The summed E-state index contributed by atoms with van der Waals surface area (Å²) in [6, 6.07) is 8.45. The number of benzene rings is 1. The molecule has 3 heteroatoms. The Kier molecular flexibility index (Phi) is 6.76. The molecule has 2 atom stereocenters. The molecule has 0 saturated heterocycles. The quantitative estimate of drug-likeness (QED) is 0.549. The lowest BCUT2D eigenvalue weighted by atomic mass is 9.91. The first-order valence-electron chi connectivity index (χ1n) is 6.91. The van der Waals surface area contributed by atoms with Crippen molar-refractivity contribution in [3.63, 3.8) is 0 Å². The van der Waals surface area contributed by atoms with Gasteiger partial charge in [-0.3, -0.25) is 11.3 Å². The molecule has 1 aromatic carbocycles. The molecule has 0 heterocycles. The number of hydrazine groups is 1. The lowest BCUT2D eigenvalue weighted by Gasteiger charge is -2.23. The molecule has 1 aromatic rings. The predicted octanol–water partition coefficient (Wildman–Crippen LogP) is 3.42. The fraction of sp³-hybridized carbons (Fsp3) is 0.600. The zero-order valence-corrected chi connectivity index (χ0v) is 11.8. The van der Waals surface area contributed by atoms with Gasteiger partial charge in [-0.1, -0.05) is 39.3 Å². The van der Waals surface area contributed by atoms with Gasteiger partial charge in [-0.05, 0) is 36.5 Å². The third kappa shape index (κ3) is 4.31. The molecule has 3 nitrogen and oxygen atoms in total. The van der Waals surface area contributed by atoms with Crippen molar-refractivity contribution in [3.05, 3.63) is 29.8 Å². The van der Waals surface area contributed by atoms with Crippen molar-refractivity contribution in [2.24, 2.45) is 11.8 Å². The largest absolute Gasteiger partial charge is 0.494 e. The molecule has 18 heavy (non-hydrogen) atoms. The van der Waals surface area contributed by atoms with Crippen LogP contribution in [-0.2, 0) is 0 Å². The summed E-state index contributed by atoms with van der Waals surface area (Å²) in [6.07, 6.45) is 3.38. The van der Waals surface area contributed by atoms with Gasteiger partial charge < -0.3 is 4.74 Å². The highest BCUT2D eigenvalue weighted by Gasteiger charge is 2.16. The molecule has 0 fully saturated rings. The molecule has 0 saturated carbocycles. The molecule has 0 radical (unpaired) electrons. The highest BCUT2D eigenvalue weighted by Crippen LogP contribution is 2.26. The van der Waals surface area contributed by atoms with Crippen molar-refractivity contribution in [1.82, 2.24) is 5.43 Å². The van der Waals surface area contributed by atoms with Crippen LogP contribution in [0.2, 0.25) is 0 Å². The van der Waals surface area contributed by atoms with E-state index >= 15 is 0 Å². The first kappa shape index (κ1) is 15.0. The molecule has 0 spiro atoms. The van der Waals surface area contributed by atoms with Crippen LogP contribution >= 0.6 is 0 Å². The second kappa shape index (κ2) is 8.11. The van der Waals surface area contributed by atoms with Crippen molar-refractivity contribution in [2.45, 2.75) is 46.1 Å². The molecule has 1 rings (SSSR count). The van der Waals surface area contributed by atoms with Crippen LogP contribution in [0.5, 0.6) is 5.75 Å². The van der Waals surface area contributed by atoms with E-state index in [4.69, 9.17) is 10.6 Å². The number of nitrogens with one attached hydrogen (secondary N) is 1. The maximum absolute atomic E-state index is 5.67. The Hall–Kier alpha value is -1.06. The van der Waals surface area contributed by atoms with Gasteiger partial charge in [-0.2, -0.15) is 0 Å². The summed E-state index contributed by atoms with van der Waals surface area (Å²) in [5.74, 6) is 7.13. The summed E-state index contributed by atoms with van der Waals surface area (Å²) in [4.78, 5) is 0. The van der Waals surface area contributed by atoms with Crippen molar-refractivity contribution < 1.29 is 4.74 Å². The van der Waals surface area contributed by atoms with Crippen LogP contribution in [0.4, 0.5) is 0 Å². The Labute approximate surface area is 111 Å². The van der Waals surface area contributed by atoms with Crippen molar-refractivity contribution in [1.29, 1.82) is 0 Å². The molecule has 0 aliphatic rings. The highest BCUT2D eigenvalue weighted by atomic mass is 16.5. The Morgan fingerprint density at radius 3 is 2.33 bits per heavy atom. The Bertz CT molecular complexity index is 324. The van der Waals surface area contributed by atoms with Gasteiger partial charge >= 0.3 is 0 Å². The molecular weight excluding hydrogens is 224 g/mol. The smallest absolute Gasteiger partial charge is 0.119 e. The molecule has 0 bridgehead atoms. The first-order chi connectivity index (χ1) is 8.72. The zero-order chi connectivity index (χ0) is 13.4. The standard InChI is InChI=1S/C15H26N2O/c1-4-6-12(3)15(17-16)13-7-9-14(10-8-13)18-11-5-2/h7-10,12,15,17H,4-6,11,16H2,1-3H3. The number of hydrogen-bond acceptors (Lipinski definition) is 3. The third-order valence-electron chi connectivity index (χ3n) is 3.20. The van der Waals surface area contributed by atoms with Gasteiger partial charge in [-0.25, -0.2) is 0 Å². The minimum Gasteiger partial charge on any atom is -0.494 e. The van der Waals surface area contributed by atoms with Crippen molar-refractivity contribution in [3.8, 4) is 5.75 Å². The predicted molar refractivity (Wildman–Crippen MR) is 76.4 cm³/mol. The second-order valence-electron chi connectivity index (χ2n) is 4.83. The Morgan fingerprint density at radius 2 is 1.83 bits per heavy atom. The summed E-state index contributed by atoms with van der Waals surface area (Å²) in [5.41, 5.74) is 4.15. The molecule has 2 unspecified atom stereocenters. The summed E-state index contributed by atoms with van der Waals surface area (Å²) in [7, 11) is 0. The maximum Gasteiger partial charge on any atom is 0.119 e. The van der Waals surface area contributed by atoms with Crippen LogP contribution < -0.4 is 16.0 Å². The first-order valence-corrected chi connectivity index (χ1v) is 6.91. The molecule has 0 aromatic heterocycles. The van der Waals surface area contributed by atoms with Gasteiger partial charge in [0.1, 0.15) is 5.75 Å². The molecule has 0 aliphatic carbocycles. The highest BCUT2D eigenvalue weighted by molar-refractivity contribution is 5.29. The lowest BCUT2D eigenvalue weighted by molar-refractivity contribution is 0.316. The van der Waals surface area contributed by atoms with Gasteiger partial charge in [0.25, 0.3) is 0 Å². The van der Waals surface area contributed by atoms with Crippen LogP contribution in [0.25, 0.3) is 0 Å². The van der Waals surface area contributed by atoms with Crippen LogP contribution in [0.3, 0.4) is 0 Å². The van der Waals surface area contributed by atoms with Crippen LogP contribution in [0.1, 0.15) is 51.6 Å². The maximum atomic E-state index is 5.67. The average Bonchev–Trinajstić information content (AvgIpc) is 2.39. The number of hydrogen-bond donors (Lipinski definition) is 2. The van der Waals surface area contributed by atoms with Gasteiger partial charge in [0.2, 0.25) is 0 Å². The van der Waals surface area contributed by atoms with E-state index in [9.17, 15) is 0 Å². The average molecular weight is 250 g/mol. The number of rotatable bonds is 8. The van der Waals surface area contributed by atoms with Gasteiger partial charge in [-0.15, -0.1) is 0 Å². The zero-order valence-electron chi connectivity index (χ0n) is 11.8. The minimum absolute atomic E-state index is 0.213. The minimum atomic E-state index is 0.213. The van der Waals surface area contributed by atoms with Gasteiger partial charge in [0, 0.05) is 6.04 Å². The Morgan fingerprint density at radius 1 is 1.17 bits per heavy atom. The van der Waals surface area contributed by atoms with E-state index in [1.807, 2.05) is 12.1 Å². The SMILES string of the molecule is CCCOc1ccc(C(NN)C(C)CCC)cc1. The molecule has 0 amide bonds. The van der Waals surface area contributed by atoms with Crippen LogP contribution in [0, 0.1) is 5.92 Å². The second-order valence-corrected chi connectivity index (χ2v) is 4.83. The monoisotopic (exact) mass is 250 g/mol. The lowest BCUT2D eigenvalue weighted by Crippen LogP contribution is -2.32. The van der Waals surface area contributed by atoms with E-state index in [-0.39, 0.29) is 6.04 Å². The fourth-order valence-corrected chi connectivity index (χ4v) is 2.20. The van der Waals surface area contributed by atoms with Crippen molar-refractivity contribution >= 4 is 0 Å². The van der Waals surface area contributed by atoms with E-state index in [1.165, 1.54) is 18.4 Å². The third-order valence-corrected chi connectivity index (χ3v) is 3.20. The van der Waals surface area contributed by atoms with E-state index in [2.05, 4.69) is 38.3 Å². The number of nitrogens with two attached hydrogens (primary N) is 1. The molecule has 3 N–H and O–H groups in total. The van der Waals surface area contributed by atoms with Gasteiger partial charge in [0.15, 0.2) is 0 Å². The van der Waals surface area contributed by atoms with E-state index in [1.54, 1.807) is 0 Å². The number of ether oxygens (including phenoxy) is 1. The van der Waals surface area contributed by atoms with E-state index in [0.29, 0.717) is 5.92 Å². The summed E-state index contributed by atoms with van der Waals surface area (Å²) >= 11 is 0. The fourth-order valence-electron chi connectivity index (χ4n) is 2.20. The summed E-state index contributed by atoms with van der Waals surface area (Å²) in [5, 5.41) is 0. The van der Waals surface area contributed by atoms with Gasteiger partial charge in [0.05, 0.1) is 6.61 Å². The topological polar surface area (TPSA) is 47.3 Å². The normalized spacial score (nSPS) is 14.2. The summed E-state index contributed by atoms with van der Waals surface area (Å²) < 4.78 is 5.58. The summed E-state index contributed by atoms with van der Waals surface area (Å²) in [6.45, 7) is 7.31. The Balaban J connectivity index is 2.69. The van der Waals surface area contributed by atoms with E-state index < -0.39 is 0 Å².